The standard InChI is InChI=1S/C42H47ClN2O7/c1-27-38(25-45-22-20-42(49,21-23-45)35-16-18-36(43)19-17-35)51-41(52-39(27)32-10-8-30(26-46)9-11-32)33-14-12-31(13-15-33)37-7-5-4-6-34(37)24-44-40(48)28(2)50-29(3)47/h4-19,27-28,38-39,41,46,49H,20-26H2,1-3H3,(H,44,48)/t27-,28+,38+,39+,41+/m1/s1. The van der Waals surface area contributed by atoms with E-state index in [2.05, 4.69) is 17.1 Å². The maximum atomic E-state index is 12.5. The lowest BCUT2D eigenvalue weighted by atomic mass is 9.84. The maximum absolute atomic E-state index is 12.5. The van der Waals surface area contributed by atoms with E-state index in [0.29, 0.717) is 24.4 Å². The maximum Gasteiger partial charge on any atom is 0.303 e. The van der Waals surface area contributed by atoms with Crippen molar-refractivity contribution in [3.05, 3.63) is 130 Å². The van der Waals surface area contributed by atoms with E-state index in [1.807, 2.05) is 97.1 Å². The Morgan fingerprint density at radius 1 is 0.942 bits per heavy atom. The van der Waals surface area contributed by atoms with Crippen molar-refractivity contribution in [2.24, 2.45) is 5.92 Å². The van der Waals surface area contributed by atoms with Crippen molar-refractivity contribution < 1.29 is 34.0 Å². The van der Waals surface area contributed by atoms with Crippen LogP contribution in [0.25, 0.3) is 11.1 Å². The first-order valence-corrected chi connectivity index (χ1v) is 18.3. The Morgan fingerprint density at radius 2 is 1.60 bits per heavy atom. The van der Waals surface area contributed by atoms with E-state index in [1.165, 1.54) is 6.92 Å². The lowest BCUT2D eigenvalue weighted by Crippen LogP contribution is -2.49. The summed E-state index contributed by atoms with van der Waals surface area (Å²) in [6.45, 7) is 7.38. The summed E-state index contributed by atoms with van der Waals surface area (Å²) < 4.78 is 18.5. The number of halogens is 1. The molecule has 2 fully saturated rings. The molecule has 0 spiro atoms. The number of aliphatic hydroxyl groups is 2. The van der Waals surface area contributed by atoms with Crippen LogP contribution in [-0.2, 0) is 42.6 Å². The minimum absolute atomic E-state index is 0.0255. The third-order valence-corrected chi connectivity index (χ3v) is 10.6. The number of nitrogens with zero attached hydrogens (tertiary/aromatic N) is 1. The second-order valence-electron chi connectivity index (χ2n) is 13.9. The fourth-order valence-corrected chi connectivity index (χ4v) is 7.27. The number of benzene rings is 4. The second-order valence-corrected chi connectivity index (χ2v) is 14.3. The molecule has 2 saturated heterocycles. The molecule has 52 heavy (non-hydrogen) atoms. The zero-order valence-corrected chi connectivity index (χ0v) is 30.6. The zero-order valence-electron chi connectivity index (χ0n) is 29.8. The molecule has 0 unspecified atom stereocenters. The van der Waals surface area contributed by atoms with Crippen LogP contribution in [0.15, 0.2) is 97.1 Å². The monoisotopic (exact) mass is 726 g/mol. The number of esters is 1. The van der Waals surface area contributed by atoms with Crippen LogP contribution in [0.2, 0.25) is 5.02 Å². The fourth-order valence-electron chi connectivity index (χ4n) is 7.14. The average molecular weight is 727 g/mol. The predicted molar refractivity (Wildman–Crippen MR) is 199 cm³/mol. The van der Waals surface area contributed by atoms with E-state index >= 15 is 0 Å². The molecule has 4 aromatic carbocycles. The Morgan fingerprint density at radius 3 is 2.25 bits per heavy atom. The molecule has 274 valence electrons. The average Bonchev–Trinajstić information content (AvgIpc) is 3.16. The molecular formula is C42H47ClN2O7. The van der Waals surface area contributed by atoms with Gasteiger partial charge in [0.1, 0.15) is 0 Å². The van der Waals surface area contributed by atoms with E-state index in [9.17, 15) is 19.8 Å². The number of ether oxygens (including phenoxy) is 3. The summed E-state index contributed by atoms with van der Waals surface area (Å²) in [6, 6.07) is 31.3. The van der Waals surface area contributed by atoms with Gasteiger partial charge in [-0.2, -0.15) is 0 Å². The van der Waals surface area contributed by atoms with Gasteiger partial charge in [-0.05, 0) is 65.3 Å². The highest BCUT2D eigenvalue weighted by Crippen LogP contribution is 2.43. The summed E-state index contributed by atoms with van der Waals surface area (Å²) in [5.74, 6) is -0.841. The van der Waals surface area contributed by atoms with Gasteiger partial charge in [-0.1, -0.05) is 103 Å². The van der Waals surface area contributed by atoms with Crippen LogP contribution in [0.1, 0.15) is 73.8 Å². The lowest BCUT2D eigenvalue weighted by Gasteiger charge is -2.45. The number of piperidine rings is 1. The molecule has 5 atom stereocenters. The molecule has 3 N–H and O–H groups in total. The van der Waals surface area contributed by atoms with E-state index in [1.54, 1.807) is 6.92 Å². The summed E-state index contributed by atoms with van der Waals surface area (Å²) >= 11 is 6.10. The van der Waals surface area contributed by atoms with E-state index in [-0.39, 0.29) is 37.2 Å². The van der Waals surface area contributed by atoms with Crippen molar-refractivity contribution in [1.82, 2.24) is 10.2 Å². The molecule has 0 aromatic heterocycles. The zero-order chi connectivity index (χ0) is 36.8. The SMILES string of the molecule is CC(=O)O[C@@H](C)C(=O)NCc1ccccc1-c1ccc([C@H]2O[C@@H](CN3CCC(O)(c4ccc(Cl)cc4)CC3)[C@@H](C)[C@@H](c3ccc(CO)cc3)O2)cc1. The number of carbonyl (C=O) groups excluding carboxylic acids is 2. The minimum Gasteiger partial charge on any atom is -0.453 e. The lowest BCUT2D eigenvalue weighted by molar-refractivity contribution is -0.277. The van der Waals surface area contributed by atoms with Gasteiger partial charge in [0.2, 0.25) is 0 Å². The highest BCUT2D eigenvalue weighted by atomic mass is 35.5. The third-order valence-electron chi connectivity index (χ3n) is 10.3. The van der Waals surface area contributed by atoms with Crippen LogP contribution in [0, 0.1) is 5.92 Å². The van der Waals surface area contributed by atoms with Crippen LogP contribution in [0.3, 0.4) is 0 Å². The number of nitrogens with one attached hydrogen (secondary N) is 1. The molecule has 0 bridgehead atoms. The van der Waals surface area contributed by atoms with Gasteiger partial charge >= 0.3 is 5.97 Å². The quantitative estimate of drug-likeness (QED) is 0.144. The Bertz CT molecular complexity index is 1810. The van der Waals surface area contributed by atoms with Gasteiger partial charge in [0, 0.05) is 49.6 Å². The Balaban J connectivity index is 1.18. The highest BCUT2D eigenvalue weighted by Gasteiger charge is 2.41. The number of rotatable bonds is 11. The first-order chi connectivity index (χ1) is 25.0. The number of amides is 1. The second kappa shape index (κ2) is 16.7. The Labute approximate surface area is 310 Å². The Hall–Kier alpha value is -4.09. The van der Waals surface area contributed by atoms with Gasteiger partial charge in [0.25, 0.3) is 5.91 Å². The smallest absolute Gasteiger partial charge is 0.303 e. The summed E-state index contributed by atoms with van der Waals surface area (Å²) in [5.41, 5.74) is 5.61. The molecule has 2 aliphatic rings. The minimum atomic E-state index is -0.892. The normalized spacial score (nSPS) is 22.3. The fraction of sp³-hybridized carbons (Fsp3) is 0.381. The third kappa shape index (κ3) is 8.92. The molecule has 2 heterocycles. The first-order valence-electron chi connectivity index (χ1n) is 17.9. The molecule has 4 aromatic rings. The van der Waals surface area contributed by atoms with Crippen LogP contribution in [-0.4, -0.2) is 58.8 Å². The van der Waals surface area contributed by atoms with Crippen LogP contribution in [0.4, 0.5) is 0 Å². The molecule has 0 aliphatic carbocycles. The number of likely N-dealkylation sites (tertiary alicyclic amines) is 1. The largest absolute Gasteiger partial charge is 0.453 e. The number of hydrogen-bond acceptors (Lipinski definition) is 8. The number of hydrogen-bond donors (Lipinski definition) is 3. The van der Waals surface area contributed by atoms with E-state index in [4.69, 9.17) is 25.8 Å². The molecule has 6 rings (SSSR count). The van der Waals surface area contributed by atoms with Gasteiger partial charge in [-0.3, -0.25) is 9.59 Å². The molecule has 9 nitrogen and oxygen atoms in total. The summed E-state index contributed by atoms with van der Waals surface area (Å²) in [4.78, 5) is 26.2. The van der Waals surface area contributed by atoms with Gasteiger partial charge in [-0.25, -0.2) is 0 Å². The predicted octanol–water partition coefficient (Wildman–Crippen LogP) is 6.84. The van der Waals surface area contributed by atoms with Gasteiger partial charge in [-0.15, -0.1) is 0 Å². The van der Waals surface area contributed by atoms with Crippen molar-refractivity contribution in [2.75, 3.05) is 19.6 Å². The van der Waals surface area contributed by atoms with Crippen LogP contribution < -0.4 is 5.32 Å². The molecule has 0 saturated carbocycles. The summed E-state index contributed by atoms with van der Waals surface area (Å²) in [5, 5.41) is 24.6. The van der Waals surface area contributed by atoms with Crippen LogP contribution >= 0.6 is 11.6 Å². The van der Waals surface area contributed by atoms with E-state index in [0.717, 1.165) is 52.0 Å². The molecule has 0 radical (unpaired) electrons. The van der Waals surface area contributed by atoms with Crippen LogP contribution in [0.5, 0.6) is 0 Å². The van der Waals surface area contributed by atoms with Gasteiger partial charge in [0.15, 0.2) is 12.4 Å². The number of carbonyl (C=O) groups is 2. The van der Waals surface area contributed by atoms with Crippen molar-refractivity contribution in [2.45, 2.75) is 77.0 Å². The number of aliphatic hydroxyl groups excluding tert-OH is 1. The topological polar surface area (TPSA) is 118 Å². The van der Waals surface area contributed by atoms with Gasteiger partial charge < -0.3 is 34.6 Å². The van der Waals surface area contributed by atoms with Gasteiger partial charge in [0.05, 0.1) is 24.4 Å². The first kappa shape index (κ1) is 37.7. The van der Waals surface area contributed by atoms with E-state index < -0.39 is 24.0 Å². The molecule has 2 aliphatic heterocycles. The van der Waals surface area contributed by atoms with Crippen molar-refractivity contribution in [1.29, 1.82) is 0 Å². The molecule has 10 heteroatoms. The van der Waals surface area contributed by atoms with Crippen molar-refractivity contribution in [3.8, 4) is 11.1 Å². The van der Waals surface area contributed by atoms with Crippen molar-refractivity contribution in [3.63, 3.8) is 0 Å². The molecular weight excluding hydrogens is 680 g/mol. The summed E-state index contributed by atoms with van der Waals surface area (Å²) in [6.07, 6.45) is -0.674. The Kier molecular flexibility index (Phi) is 12.1. The highest BCUT2D eigenvalue weighted by molar-refractivity contribution is 6.30. The summed E-state index contributed by atoms with van der Waals surface area (Å²) in [7, 11) is 0. The van der Waals surface area contributed by atoms with Crippen molar-refractivity contribution >= 4 is 23.5 Å². The molecule has 1 amide bonds.